The number of carbonyl (C=O) groups is 1. The van der Waals surface area contributed by atoms with Crippen molar-refractivity contribution in [1.29, 1.82) is 5.26 Å². The Morgan fingerprint density at radius 3 is 2.69 bits per heavy atom. The van der Waals surface area contributed by atoms with E-state index in [1.165, 1.54) is 6.07 Å². The molecule has 0 spiro atoms. The second kappa shape index (κ2) is 4.53. The molecule has 0 bridgehead atoms. The molecule has 1 N–H and O–H groups in total. The SMILES string of the molecule is COc1cnc(C#N)c(C(=O)O)c1C(F)F. The van der Waals surface area contributed by atoms with Gasteiger partial charge < -0.3 is 9.84 Å². The molecule has 0 aliphatic heterocycles. The van der Waals surface area contributed by atoms with E-state index < -0.39 is 29.2 Å². The van der Waals surface area contributed by atoms with Crippen molar-refractivity contribution in [2.75, 3.05) is 7.11 Å². The van der Waals surface area contributed by atoms with Gasteiger partial charge in [0.15, 0.2) is 5.69 Å². The van der Waals surface area contributed by atoms with Gasteiger partial charge in [0.1, 0.15) is 17.4 Å². The number of carboxylic acids is 1. The predicted octanol–water partition coefficient (Wildman–Crippen LogP) is 1.60. The first-order valence-electron chi connectivity index (χ1n) is 4.01. The van der Waals surface area contributed by atoms with Crippen LogP contribution in [-0.2, 0) is 0 Å². The molecular formula is C9H6F2N2O3. The van der Waals surface area contributed by atoms with Crippen molar-refractivity contribution < 1.29 is 23.4 Å². The van der Waals surface area contributed by atoms with E-state index in [1.807, 2.05) is 0 Å². The molecule has 16 heavy (non-hydrogen) atoms. The van der Waals surface area contributed by atoms with E-state index in [9.17, 15) is 13.6 Å². The topological polar surface area (TPSA) is 83.2 Å². The highest BCUT2D eigenvalue weighted by Crippen LogP contribution is 2.32. The number of ether oxygens (including phenoxy) is 1. The highest BCUT2D eigenvalue weighted by atomic mass is 19.3. The van der Waals surface area contributed by atoms with Gasteiger partial charge in [-0.25, -0.2) is 18.6 Å². The molecule has 0 aliphatic carbocycles. The van der Waals surface area contributed by atoms with Gasteiger partial charge in [-0.2, -0.15) is 5.26 Å². The summed E-state index contributed by atoms with van der Waals surface area (Å²) < 4.78 is 29.9. The highest BCUT2D eigenvalue weighted by molar-refractivity contribution is 5.92. The van der Waals surface area contributed by atoms with Gasteiger partial charge in [-0.15, -0.1) is 0 Å². The number of aromatic carboxylic acids is 1. The average Bonchev–Trinajstić information content (AvgIpc) is 2.26. The molecule has 0 saturated heterocycles. The Bertz CT molecular complexity index is 469. The molecule has 0 atom stereocenters. The number of nitriles is 1. The maximum absolute atomic E-state index is 12.7. The first kappa shape index (κ1) is 11.8. The summed E-state index contributed by atoms with van der Waals surface area (Å²) in [4.78, 5) is 14.2. The lowest BCUT2D eigenvalue weighted by atomic mass is 10.1. The zero-order valence-electron chi connectivity index (χ0n) is 8.07. The molecule has 7 heteroatoms. The van der Waals surface area contributed by atoms with E-state index in [1.54, 1.807) is 0 Å². The number of rotatable bonds is 3. The second-order valence-electron chi connectivity index (χ2n) is 2.68. The van der Waals surface area contributed by atoms with E-state index >= 15 is 0 Å². The lowest BCUT2D eigenvalue weighted by Gasteiger charge is -2.10. The molecule has 0 saturated carbocycles. The van der Waals surface area contributed by atoms with E-state index in [4.69, 9.17) is 10.4 Å². The van der Waals surface area contributed by atoms with Gasteiger partial charge in [0.2, 0.25) is 0 Å². The Morgan fingerprint density at radius 2 is 2.31 bits per heavy atom. The fraction of sp³-hybridized carbons (Fsp3) is 0.222. The molecule has 1 aromatic rings. The Morgan fingerprint density at radius 1 is 1.69 bits per heavy atom. The summed E-state index contributed by atoms with van der Waals surface area (Å²) in [5.41, 5.74) is -2.22. The molecular weight excluding hydrogens is 222 g/mol. The summed E-state index contributed by atoms with van der Waals surface area (Å²) in [6.45, 7) is 0. The first-order chi connectivity index (χ1) is 7.52. The second-order valence-corrected chi connectivity index (χ2v) is 2.68. The van der Waals surface area contributed by atoms with Gasteiger partial charge in [0.25, 0.3) is 6.43 Å². The number of hydrogen-bond acceptors (Lipinski definition) is 4. The molecule has 5 nitrogen and oxygen atoms in total. The number of aromatic nitrogens is 1. The van der Waals surface area contributed by atoms with Crippen LogP contribution in [0.25, 0.3) is 0 Å². The van der Waals surface area contributed by atoms with Crippen LogP contribution < -0.4 is 4.74 Å². The van der Waals surface area contributed by atoms with Crippen molar-refractivity contribution >= 4 is 5.97 Å². The van der Waals surface area contributed by atoms with Gasteiger partial charge in [0, 0.05) is 0 Å². The van der Waals surface area contributed by atoms with Crippen LogP contribution >= 0.6 is 0 Å². The van der Waals surface area contributed by atoms with Gasteiger partial charge in [-0.05, 0) is 0 Å². The zero-order chi connectivity index (χ0) is 12.3. The summed E-state index contributed by atoms with van der Waals surface area (Å²) in [5, 5.41) is 17.3. The molecule has 0 radical (unpaired) electrons. The minimum Gasteiger partial charge on any atom is -0.495 e. The monoisotopic (exact) mass is 228 g/mol. The number of hydrogen-bond donors (Lipinski definition) is 1. The standard InChI is InChI=1S/C9H6F2N2O3/c1-16-5-3-13-4(2-12)6(9(14)15)7(5)8(10)11/h3,8H,1H3,(H,14,15). The van der Waals surface area contributed by atoms with Gasteiger partial charge in [0.05, 0.1) is 18.9 Å². The van der Waals surface area contributed by atoms with E-state index in [-0.39, 0.29) is 5.75 Å². The summed E-state index contributed by atoms with van der Waals surface area (Å²) in [5.74, 6) is -2.00. The van der Waals surface area contributed by atoms with Crippen LogP contribution in [0.2, 0.25) is 0 Å². The fourth-order valence-electron chi connectivity index (χ4n) is 1.19. The molecule has 84 valence electrons. The zero-order valence-corrected chi connectivity index (χ0v) is 8.07. The van der Waals surface area contributed by atoms with Crippen LogP contribution in [0.1, 0.15) is 28.0 Å². The van der Waals surface area contributed by atoms with E-state index in [0.29, 0.717) is 0 Å². The summed E-state index contributed by atoms with van der Waals surface area (Å²) in [7, 11) is 1.11. The fourth-order valence-corrected chi connectivity index (χ4v) is 1.19. The lowest BCUT2D eigenvalue weighted by Crippen LogP contribution is -2.10. The molecule has 1 rings (SSSR count). The van der Waals surface area contributed by atoms with Crippen molar-refractivity contribution in [3.63, 3.8) is 0 Å². The summed E-state index contributed by atoms with van der Waals surface area (Å²) in [6.07, 6.45) is -2.16. The third-order valence-electron chi connectivity index (χ3n) is 1.84. The molecule has 0 aromatic carbocycles. The van der Waals surface area contributed by atoms with Crippen LogP contribution in [0.15, 0.2) is 6.20 Å². The summed E-state index contributed by atoms with van der Waals surface area (Å²) >= 11 is 0. The average molecular weight is 228 g/mol. The predicted molar refractivity (Wildman–Crippen MR) is 47.4 cm³/mol. The molecule has 0 amide bonds. The Hall–Kier alpha value is -2.23. The van der Waals surface area contributed by atoms with Gasteiger partial charge >= 0.3 is 5.97 Å². The normalized spacial score (nSPS) is 9.94. The van der Waals surface area contributed by atoms with Crippen LogP contribution in [-0.4, -0.2) is 23.2 Å². The highest BCUT2D eigenvalue weighted by Gasteiger charge is 2.27. The number of alkyl halides is 2. The Kier molecular flexibility index (Phi) is 3.35. The number of nitrogens with zero attached hydrogens (tertiary/aromatic N) is 2. The van der Waals surface area contributed by atoms with Crippen molar-refractivity contribution in [3.8, 4) is 11.8 Å². The van der Waals surface area contributed by atoms with Crippen molar-refractivity contribution in [3.05, 3.63) is 23.0 Å². The van der Waals surface area contributed by atoms with E-state index in [2.05, 4.69) is 9.72 Å². The number of pyridine rings is 1. The van der Waals surface area contributed by atoms with Gasteiger partial charge in [-0.3, -0.25) is 0 Å². The maximum Gasteiger partial charge on any atom is 0.339 e. The van der Waals surface area contributed by atoms with Crippen molar-refractivity contribution in [2.24, 2.45) is 0 Å². The van der Waals surface area contributed by atoms with Crippen molar-refractivity contribution in [1.82, 2.24) is 4.98 Å². The third-order valence-corrected chi connectivity index (χ3v) is 1.84. The first-order valence-corrected chi connectivity index (χ1v) is 4.01. The Balaban J connectivity index is 3.61. The lowest BCUT2D eigenvalue weighted by molar-refractivity contribution is 0.0681. The minimum absolute atomic E-state index is 0.355. The Labute approximate surface area is 88.9 Å². The largest absolute Gasteiger partial charge is 0.495 e. The van der Waals surface area contributed by atoms with Crippen molar-refractivity contribution in [2.45, 2.75) is 6.43 Å². The molecule has 0 unspecified atom stereocenters. The quantitative estimate of drug-likeness (QED) is 0.849. The minimum atomic E-state index is -3.06. The summed E-state index contributed by atoms with van der Waals surface area (Å²) in [6, 6.07) is 1.44. The maximum atomic E-state index is 12.7. The smallest absolute Gasteiger partial charge is 0.339 e. The molecule has 0 fully saturated rings. The molecule has 1 heterocycles. The van der Waals surface area contributed by atoms with Crippen LogP contribution in [0.4, 0.5) is 8.78 Å². The molecule has 1 aromatic heterocycles. The van der Waals surface area contributed by atoms with Crippen LogP contribution in [0, 0.1) is 11.3 Å². The van der Waals surface area contributed by atoms with Crippen LogP contribution in [0.3, 0.4) is 0 Å². The number of methoxy groups -OCH3 is 1. The van der Waals surface area contributed by atoms with E-state index in [0.717, 1.165) is 13.3 Å². The van der Waals surface area contributed by atoms with Crippen LogP contribution in [0.5, 0.6) is 5.75 Å². The number of halogens is 2. The third kappa shape index (κ3) is 1.91. The molecule has 0 aliphatic rings. The number of carboxylic acid groups (broad SMARTS) is 1. The van der Waals surface area contributed by atoms with Gasteiger partial charge in [-0.1, -0.05) is 0 Å².